The summed E-state index contributed by atoms with van der Waals surface area (Å²) in [7, 11) is 0. The van der Waals surface area contributed by atoms with E-state index in [-0.39, 0.29) is 17.6 Å². The Bertz CT molecular complexity index is 461. The number of fused-ring (bicyclic) bond motifs is 1. The zero-order valence-corrected chi connectivity index (χ0v) is 10.9. The predicted octanol–water partition coefficient (Wildman–Crippen LogP) is -0.945. The van der Waals surface area contributed by atoms with Gasteiger partial charge in [-0.05, 0) is 0 Å². The van der Waals surface area contributed by atoms with Gasteiger partial charge in [-0.3, -0.25) is 9.59 Å². The third-order valence-electron chi connectivity index (χ3n) is 2.81. The van der Waals surface area contributed by atoms with Crippen LogP contribution in [0.4, 0.5) is 0 Å². The molecular formula is C10H15N5O2S. The second-order valence-corrected chi connectivity index (χ2v) is 4.50. The van der Waals surface area contributed by atoms with E-state index in [9.17, 15) is 9.59 Å². The number of amides is 2. The molecule has 2 rings (SSSR count). The fourth-order valence-corrected chi connectivity index (χ4v) is 2.15. The van der Waals surface area contributed by atoms with Crippen molar-refractivity contribution < 1.29 is 9.59 Å². The molecule has 0 saturated heterocycles. The Morgan fingerprint density at radius 1 is 1.56 bits per heavy atom. The van der Waals surface area contributed by atoms with Crippen LogP contribution in [0.25, 0.3) is 0 Å². The van der Waals surface area contributed by atoms with Crippen molar-refractivity contribution in [2.75, 3.05) is 12.3 Å². The lowest BCUT2D eigenvalue weighted by atomic mass is 10.2. The van der Waals surface area contributed by atoms with E-state index in [2.05, 4.69) is 28.1 Å². The van der Waals surface area contributed by atoms with Crippen molar-refractivity contribution in [1.29, 1.82) is 0 Å². The van der Waals surface area contributed by atoms with E-state index in [1.807, 2.05) is 4.57 Å². The van der Waals surface area contributed by atoms with Gasteiger partial charge in [-0.25, -0.2) is 0 Å². The number of hydrogen-bond donors (Lipinski definition) is 2. The van der Waals surface area contributed by atoms with Gasteiger partial charge in [-0.1, -0.05) is 0 Å². The smallest absolute Gasteiger partial charge is 0.246 e. The predicted molar refractivity (Wildman–Crippen MR) is 66.9 cm³/mol. The van der Waals surface area contributed by atoms with Gasteiger partial charge in [0.15, 0.2) is 5.82 Å². The molecule has 1 aliphatic rings. The van der Waals surface area contributed by atoms with E-state index in [4.69, 9.17) is 0 Å². The zero-order chi connectivity index (χ0) is 13.1. The van der Waals surface area contributed by atoms with Crippen molar-refractivity contribution in [1.82, 2.24) is 25.0 Å². The third-order valence-corrected chi connectivity index (χ3v) is 3.17. The lowest BCUT2D eigenvalue weighted by Crippen LogP contribution is -2.51. The maximum absolute atomic E-state index is 12.2. The first-order valence-corrected chi connectivity index (χ1v) is 6.28. The zero-order valence-electron chi connectivity index (χ0n) is 10.0. The van der Waals surface area contributed by atoms with Gasteiger partial charge in [0.2, 0.25) is 11.8 Å². The Hall–Kier alpha value is -1.57. The van der Waals surface area contributed by atoms with Gasteiger partial charge < -0.3 is 14.8 Å². The number of aromatic nitrogens is 3. The number of thiol groups is 1. The molecule has 1 aromatic rings. The van der Waals surface area contributed by atoms with Crippen LogP contribution in [-0.2, 0) is 22.7 Å². The van der Waals surface area contributed by atoms with Gasteiger partial charge in [-0.15, -0.1) is 10.2 Å². The number of carbonyl (C=O) groups is 2. The van der Waals surface area contributed by atoms with Crippen molar-refractivity contribution in [3.05, 3.63) is 12.2 Å². The molecule has 18 heavy (non-hydrogen) atoms. The Morgan fingerprint density at radius 2 is 2.33 bits per heavy atom. The number of nitrogens with one attached hydrogen (secondary N) is 1. The fourth-order valence-electron chi connectivity index (χ4n) is 1.91. The Kier molecular flexibility index (Phi) is 3.85. The lowest BCUT2D eigenvalue weighted by Gasteiger charge is -2.30. The van der Waals surface area contributed by atoms with Crippen LogP contribution in [0, 0.1) is 0 Å². The summed E-state index contributed by atoms with van der Waals surface area (Å²) in [6.45, 7) is 3.07. The normalized spacial score (nSPS) is 16.0. The van der Waals surface area contributed by atoms with E-state index in [0.29, 0.717) is 19.6 Å². The molecule has 7 nitrogen and oxygen atoms in total. The molecular weight excluding hydrogens is 254 g/mol. The van der Waals surface area contributed by atoms with Gasteiger partial charge in [0.1, 0.15) is 12.4 Å². The SMILES string of the molecule is CC(=O)NC(CS)C(=O)N1CCn2cnnc2C1. The summed E-state index contributed by atoms with van der Waals surface area (Å²) < 4.78 is 1.91. The molecule has 2 amide bonds. The molecule has 0 fully saturated rings. The highest BCUT2D eigenvalue weighted by molar-refractivity contribution is 7.80. The summed E-state index contributed by atoms with van der Waals surface area (Å²) >= 11 is 4.10. The van der Waals surface area contributed by atoms with Crippen LogP contribution in [-0.4, -0.2) is 49.8 Å². The van der Waals surface area contributed by atoms with Gasteiger partial charge in [0.25, 0.3) is 0 Å². The summed E-state index contributed by atoms with van der Waals surface area (Å²) in [6.07, 6.45) is 1.65. The minimum Gasteiger partial charge on any atom is -0.344 e. The molecule has 1 aromatic heterocycles. The standard InChI is InChI=1S/C10H15N5O2S/c1-7(16)12-8(5-18)10(17)14-2-3-15-6-11-13-9(15)4-14/h6,8,18H,2-5H2,1H3,(H,12,16). The molecule has 1 aliphatic heterocycles. The van der Waals surface area contributed by atoms with Crippen molar-refractivity contribution in [3.8, 4) is 0 Å². The monoisotopic (exact) mass is 269 g/mol. The highest BCUT2D eigenvalue weighted by Gasteiger charge is 2.27. The van der Waals surface area contributed by atoms with Gasteiger partial charge in [-0.2, -0.15) is 12.6 Å². The minimum absolute atomic E-state index is 0.130. The summed E-state index contributed by atoms with van der Waals surface area (Å²) in [5.41, 5.74) is 0. The molecule has 0 radical (unpaired) electrons. The van der Waals surface area contributed by atoms with E-state index < -0.39 is 6.04 Å². The van der Waals surface area contributed by atoms with Crippen molar-refractivity contribution in [3.63, 3.8) is 0 Å². The Labute approximate surface area is 110 Å². The van der Waals surface area contributed by atoms with Crippen molar-refractivity contribution in [2.45, 2.75) is 26.1 Å². The summed E-state index contributed by atoms with van der Waals surface area (Å²) in [5, 5.41) is 10.3. The molecule has 8 heteroatoms. The summed E-state index contributed by atoms with van der Waals surface area (Å²) in [5.74, 6) is 0.675. The molecule has 0 saturated carbocycles. The molecule has 1 N–H and O–H groups in total. The summed E-state index contributed by atoms with van der Waals surface area (Å²) in [6, 6.07) is -0.583. The molecule has 0 spiro atoms. The van der Waals surface area contributed by atoms with E-state index in [1.54, 1.807) is 11.2 Å². The van der Waals surface area contributed by atoms with E-state index in [0.717, 1.165) is 5.82 Å². The highest BCUT2D eigenvalue weighted by atomic mass is 32.1. The number of hydrogen-bond acceptors (Lipinski definition) is 5. The highest BCUT2D eigenvalue weighted by Crippen LogP contribution is 2.10. The number of carbonyl (C=O) groups excluding carboxylic acids is 2. The molecule has 1 atom stereocenters. The maximum atomic E-state index is 12.2. The average molecular weight is 269 g/mol. The maximum Gasteiger partial charge on any atom is 0.246 e. The van der Waals surface area contributed by atoms with Crippen molar-refractivity contribution >= 4 is 24.4 Å². The van der Waals surface area contributed by atoms with Crippen LogP contribution in [0.1, 0.15) is 12.7 Å². The first kappa shape index (κ1) is 12.9. The largest absolute Gasteiger partial charge is 0.344 e. The van der Waals surface area contributed by atoms with Crippen LogP contribution in [0.2, 0.25) is 0 Å². The minimum atomic E-state index is -0.583. The van der Waals surface area contributed by atoms with Crippen molar-refractivity contribution in [2.24, 2.45) is 0 Å². The molecule has 0 bridgehead atoms. The number of nitrogens with zero attached hydrogens (tertiary/aromatic N) is 4. The Balaban J connectivity index is 2.04. The molecule has 2 heterocycles. The molecule has 0 aliphatic carbocycles. The topological polar surface area (TPSA) is 80.1 Å². The van der Waals surface area contributed by atoms with Gasteiger partial charge in [0, 0.05) is 25.8 Å². The second kappa shape index (κ2) is 5.38. The second-order valence-electron chi connectivity index (χ2n) is 4.14. The van der Waals surface area contributed by atoms with Crippen LogP contribution in [0.15, 0.2) is 6.33 Å². The van der Waals surface area contributed by atoms with Crippen LogP contribution >= 0.6 is 12.6 Å². The number of rotatable bonds is 3. The van der Waals surface area contributed by atoms with Crippen LogP contribution in [0.3, 0.4) is 0 Å². The molecule has 1 unspecified atom stereocenters. The van der Waals surface area contributed by atoms with E-state index >= 15 is 0 Å². The van der Waals surface area contributed by atoms with Crippen LogP contribution < -0.4 is 5.32 Å². The average Bonchev–Trinajstić information content (AvgIpc) is 2.81. The lowest BCUT2D eigenvalue weighted by molar-refractivity contribution is -0.136. The first-order chi connectivity index (χ1) is 8.61. The molecule has 0 aromatic carbocycles. The fraction of sp³-hybridized carbons (Fsp3) is 0.600. The van der Waals surface area contributed by atoms with Gasteiger partial charge in [0.05, 0.1) is 6.54 Å². The quantitative estimate of drug-likeness (QED) is 0.694. The van der Waals surface area contributed by atoms with Gasteiger partial charge >= 0.3 is 0 Å². The van der Waals surface area contributed by atoms with Crippen LogP contribution in [0.5, 0.6) is 0 Å². The third kappa shape index (κ3) is 2.63. The van der Waals surface area contributed by atoms with E-state index in [1.165, 1.54) is 6.92 Å². The first-order valence-electron chi connectivity index (χ1n) is 5.65. The summed E-state index contributed by atoms with van der Waals surface area (Å²) in [4.78, 5) is 24.9. The molecule has 98 valence electrons. The Morgan fingerprint density at radius 3 is 3.00 bits per heavy atom.